The molecule has 2 amide bonds. The van der Waals surface area contributed by atoms with E-state index in [-0.39, 0.29) is 12.1 Å². The Morgan fingerprint density at radius 1 is 1.08 bits per heavy atom. The van der Waals surface area contributed by atoms with Crippen LogP contribution < -0.4 is 10.6 Å². The molecule has 5 nitrogen and oxygen atoms in total. The number of urea groups is 1. The Labute approximate surface area is 141 Å². The van der Waals surface area contributed by atoms with Gasteiger partial charge in [0.15, 0.2) is 0 Å². The van der Waals surface area contributed by atoms with Crippen LogP contribution in [0.15, 0.2) is 36.2 Å². The number of carbonyl (C=O) groups excluding carboxylic acids is 1. The number of rotatable bonds is 8. The summed E-state index contributed by atoms with van der Waals surface area (Å²) < 4.78 is 49.9. The molecule has 0 aliphatic heterocycles. The maximum absolute atomic E-state index is 12.6. The number of nitrogens with one attached hydrogen (secondary N) is 2. The van der Waals surface area contributed by atoms with Gasteiger partial charge in [0.25, 0.3) is 0 Å². The first-order valence-electron chi connectivity index (χ1n) is 7.51. The Hall–Kier alpha value is -2.58. The van der Waals surface area contributed by atoms with Gasteiger partial charge in [-0.1, -0.05) is 6.42 Å². The van der Waals surface area contributed by atoms with Gasteiger partial charge in [0.2, 0.25) is 5.83 Å². The van der Waals surface area contributed by atoms with Gasteiger partial charge in [0, 0.05) is 12.2 Å². The van der Waals surface area contributed by atoms with E-state index in [1.54, 1.807) is 0 Å². The van der Waals surface area contributed by atoms with Crippen LogP contribution in [0, 0.1) is 0 Å². The number of carboxylic acid groups (broad SMARTS) is 1. The number of benzene rings is 1. The lowest BCUT2D eigenvalue weighted by atomic mass is 10.2. The second-order valence-corrected chi connectivity index (χ2v) is 5.16. The van der Waals surface area contributed by atoms with Crippen molar-refractivity contribution in [3.63, 3.8) is 0 Å². The SMILES string of the molecule is O=C(NCCCCCC=C(F)C(=O)O)Nc1ccc(C(F)(F)F)cc1. The molecule has 138 valence electrons. The second-order valence-electron chi connectivity index (χ2n) is 5.16. The number of aliphatic carboxylic acids is 1. The molecular weight excluding hydrogens is 344 g/mol. The van der Waals surface area contributed by atoms with E-state index in [0.717, 1.165) is 30.3 Å². The van der Waals surface area contributed by atoms with Crippen LogP contribution in [0.25, 0.3) is 0 Å². The normalized spacial score (nSPS) is 11.9. The fourth-order valence-electron chi connectivity index (χ4n) is 1.88. The minimum Gasteiger partial charge on any atom is -0.476 e. The predicted molar refractivity (Wildman–Crippen MR) is 83.8 cm³/mol. The van der Waals surface area contributed by atoms with Crippen LogP contribution in [0.5, 0.6) is 0 Å². The van der Waals surface area contributed by atoms with Gasteiger partial charge < -0.3 is 15.7 Å². The zero-order valence-corrected chi connectivity index (χ0v) is 13.2. The molecule has 3 N–H and O–H groups in total. The van der Waals surface area contributed by atoms with E-state index in [2.05, 4.69) is 10.6 Å². The maximum atomic E-state index is 12.6. The van der Waals surface area contributed by atoms with Gasteiger partial charge in [-0.15, -0.1) is 0 Å². The lowest BCUT2D eigenvalue weighted by molar-refractivity contribution is -0.137. The molecule has 25 heavy (non-hydrogen) atoms. The van der Waals surface area contributed by atoms with Crippen LogP contribution in [-0.2, 0) is 11.0 Å². The number of amides is 2. The second kappa shape index (κ2) is 9.65. The van der Waals surface area contributed by atoms with Gasteiger partial charge in [0.1, 0.15) is 0 Å². The zero-order valence-electron chi connectivity index (χ0n) is 13.2. The number of hydrogen-bond acceptors (Lipinski definition) is 2. The van der Waals surface area contributed by atoms with Crippen molar-refractivity contribution in [3.05, 3.63) is 41.7 Å². The molecule has 0 saturated carbocycles. The van der Waals surface area contributed by atoms with Gasteiger partial charge >= 0.3 is 18.2 Å². The smallest absolute Gasteiger partial charge is 0.416 e. The van der Waals surface area contributed by atoms with E-state index < -0.39 is 29.6 Å². The third-order valence-corrected chi connectivity index (χ3v) is 3.16. The average Bonchev–Trinajstić information content (AvgIpc) is 2.53. The van der Waals surface area contributed by atoms with Crippen molar-refractivity contribution in [2.45, 2.75) is 31.9 Å². The van der Waals surface area contributed by atoms with Crippen LogP contribution in [-0.4, -0.2) is 23.7 Å². The van der Waals surface area contributed by atoms with Crippen molar-refractivity contribution in [1.29, 1.82) is 0 Å². The van der Waals surface area contributed by atoms with Crippen LogP contribution in [0.2, 0.25) is 0 Å². The molecule has 0 unspecified atom stereocenters. The molecule has 0 aromatic heterocycles. The highest BCUT2D eigenvalue weighted by Gasteiger charge is 2.29. The molecule has 0 radical (unpaired) electrons. The summed E-state index contributed by atoms with van der Waals surface area (Å²) in [5, 5.41) is 13.3. The quantitative estimate of drug-likeness (QED) is 0.366. The lowest BCUT2D eigenvalue weighted by Crippen LogP contribution is -2.29. The topological polar surface area (TPSA) is 78.4 Å². The third-order valence-electron chi connectivity index (χ3n) is 3.16. The van der Waals surface area contributed by atoms with E-state index >= 15 is 0 Å². The molecule has 0 fully saturated rings. The molecule has 1 rings (SSSR count). The van der Waals surface area contributed by atoms with Crippen molar-refractivity contribution in [3.8, 4) is 0 Å². The number of unbranched alkanes of at least 4 members (excludes halogenated alkanes) is 3. The van der Waals surface area contributed by atoms with Gasteiger partial charge in [0.05, 0.1) is 5.56 Å². The predicted octanol–water partition coefficient (Wildman–Crippen LogP) is 4.33. The first-order chi connectivity index (χ1) is 11.7. The van der Waals surface area contributed by atoms with Crippen molar-refractivity contribution >= 4 is 17.7 Å². The Bertz CT molecular complexity index is 613. The highest BCUT2D eigenvalue weighted by atomic mass is 19.4. The van der Waals surface area contributed by atoms with E-state index in [1.807, 2.05) is 0 Å². The Morgan fingerprint density at radius 2 is 1.72 bits per heavy atom. The summed E-state index contributed by atoms with van der Waals surface area (Å²) in [5.74, 6) is -2.78. The molecule has 0 bridgehead atoms. The molecule has 0 aliphatic carbocycles. The number of anilines is 1. The number of carboxylic acids is 1. The Morgan fingerprint density at radius 3 is 2.28 bits per heavy atom. The first kappa shape index (κ1) is 20.5. The third kappa shape index (κ3) is 8.18. The van der Waals surface area contributed by atoms with Gasteiger partial charge in [-0.05, 0) is 49.6 Å². The van der Waals surface area contributed by atoms with Gasteiger partial charge in [-0.25, -0.2) is 9.59 Å². The van der Waals surface area contributed by atoms with E-state index in [1.165, 1.54) is 0 Å². The molecule has 0 spiro atoms. The molecule has 1 aromatic carbocycles. The summed E-state index contributed by atoms with van der Waals surface area (Å²) in [6.07, 6.45) is -1.32. The summed E-state index contributed by atoms with van der Waals surface area (Å²) in [5.41, 5.74) is -0.563. The molecule has 9 heteroatoms. The van der Waals surface area contributed by atoms with E-state index in [9.17, 15) is 27.2 Å². The van der Waals surface area contributed by atoms with Crippen molar-refractivity contribution < 1.29 is 32.3 Å². The monoisotopic (exact) mass is 362 g/mol. The lowest BCUT2D eigenvalue weighted by Gasteiger charge is -2.09. The largest absolute Gasteiger partial charge is 0.476 e. The summed E-state index contributed by atoms with van der Waals surface area (Å²) >= 11 is 0. The summed E-state index contributed by atoms with van der Waals surface area (Å²) in [6.45, 7) is 0.331. The summed E-state index contributed by atoms with van der Waals surface area (Å²) in [7, 11) is 0. The van der Waals surface area contributed by atoms with Crippen LogP contribution in [0.1, 0.15) is 31.2 Å². The highest BCUT2D eigenvalue weighted by Crippen LogP contribution is 2.29. The molecule has 0 saturated heterocycles. The van der Waals surface area contributed by atoms with E-state index in [0.29, 0.717) is 25.8 Å². The number of allylic oxidation sites excluding steroid dienone is 1. The fourth-order valence-corrected chi connectivity index (χ4v) is 1.88. The summed E-state index contributed by atoms with van der Waals surface area (Å²) in [6, 6.07) is 3.52. The minimum absolute atomic E-state index is 0.236. The maximum Gasteiger partial charge on any atom is 0.416 e. The molecule has 0 heterocycles. The van der Waals surface area contributed by atoms with Gasteiger partial charge in [-0.2, -0.15) is 17.6 Å². The van der Waals surface area contributed by atoms with Crippen molar-refractivity contribution in [2.75, 3.05) is 11.9 Å². The van der Waals surface area contributed by atoms with Crippen molar-refractivity contribution in [1.82, 2.24) is 5.32 Å². The Kier molecular flexibility index (Phi) is 7.90. The number of halogens is 4. The molecule has 0 atom stereocenters. The Balaban J connectivity index is 2.21. The summed E-state index contributed by atoms with van der Waals surface area (Å²) in [4.78, 5) is 21.8. The van der Waals surface area contributed by atoms with Crippen LogP contribution >= 0.6 is 0 Å². The van der Waals surface area contributed by atoms with Crippen LogP contribution in [0.3, 0.4) is 0 Å². The number of carbonyl (C=O) groups is 2. The highest BCUT2D eigenvalue weighted by molar-refractivity contribution is 5.89. The number of hydrogen-bond donors (Lipinski definition) is 3. The fraction of sp³-hybridized carbons (Fsp3) is 0.375. The van der Waals surface area contributed by atoms with Crippen molar-refractivity contribution in [2.24, 2.45) is 0 Å². The number of alkyl halides is 3. The van der Waals surface area contributed by atoms with Crippen LogP contribution in [0.4, 0.5) is 28.0 Å². The zero-order chi connectivity index (χ0) is 18.9. The average molecular weight is 362 g/mol. The molecule has 0 aliphatic rings. The standard InChI is InChI=1S/C16H18F4N2O3/c17-13(14(23)24)5-3-1-2-4-10-21-15(25)22-12-8-6-11(7-9-12)16(18,19)20/h5-9H,1-4,10H2,(H,23,24)(H2,21,22,25). The first-order valence-corrected chi connectivity index (χ1v) is 7.51. The van der Waals surface area contributed by atoms with Gasteiger partial charge in [-0.3, -0.25) is 0 Å². The molecular formula is C16H18F4N2O3. The molecule has 1 aromatic rings. The van der Waals surface area contributed by atoms with E-state index in [4.69, 9.17) is 5.11 Å². The minimum atomic E-state index is -4.43.